The van der Waals surface area contributed by atoms with Gasteiger partial charge in [0.25, 0.3) is 5.91 Å². The Morgan fingerprint density at radius 1 is 1.05 bits per heavy atom. The second-order valence-corrected chi connectivity index (χ2v) is 3.10. The van der Waals surface area contributed by atoms with Crippen molar-refractivity contribution in [2.24, 2.45) is 0 Å². The molecule has 20 heavy (non-hydrogen) atoms. The number of ether oxygens (including phenoxy) is 1. The minimum atomic E-state index is -5.29. The summed E-state index contributed by atoms with van der Waals surface area (Å²) < 4.78 is 76.4. The number of esters is 1. The molecule has 11 heteroatoms. The summed E-state index contributed by atoms with van der Waals surface area (Å²) in [7, 11) is 0.754. The second kappa shape index (κ2) is 6.30. The number of alkyl halides is 6. The normalized spacial score (nSPS) is 13.9. The van der Waals surface area contributed by atoms with Crippen LogP contribution in [-0.2, 0) is 14.3 Å². The highest BCUT2D eigenvalue weighted by molar-refractivity contribution is 5.91. The maximum absolute atomic E-state index is 12.4. The second-order valence-electron chi connectivity index (χ2n) is 3.10. The monoisotopic (exact) mass is 307 g/mol. The molecule has 0 spiro atoms. The first-order valence-electron chi connectivity index (χ1n) is 4.53. The molecule has 2 N–H and O–H groups in total. The van der Waals surface area contributed by atoms with Gasteiger partial charge in [0.1, 0.15) is 5.70 Å². The minimum Gasteiger partial charge on any atom is -0.504 e. The summed E-state index contributed by atoms with van der Waals surface area (Å²) in [5, 5.41) is 9.37. The maximum Gasteiger partial charge on any atom is 0.448 e. The Balaban J connectivity index is 5.18. The summed E-state index contributed by atoms with van der Waals surface area (Å²) >= 11 is 0. The highest BCUT2D eigenvalue weighted by Crippen LogP contribution is 2.25. The average molecular weight is 307 g/mol. The van der Waals surface area contributed by atoms with Crippen LogP contribution < -0.4 is 5.32 Å². The van der Waals surface area contributed by atoms with Crippen LogP contribution in [0.2, 0.25) is 0 Å². The Labute approximate surface area is 107 Å². The largest absolute Gasteiger partial charge is 0.504 e. The van der Waals surface area contributed by atoms with E-state index in [-0.39, 0.29) is 6.08 Å². The fourth-order valence-electron chi connectivity index (χ4n) is 0.740. The number of amides is 1. The number of methoxy groups -OCH3 is 1. The molecule has 0 radical (unpaired) electrons. The number of aliphatic hydroxyl groups excluding tert-OH is 1. The summed E-state index contributed by atoms with van der Waals surface area (Å²) in [4.78, 5) is 21.5. The fourth-order valence-corrected chi connectivity index (χ4v) is 0.740. The summed E-state index contributed by atoms with van der Waals surface area (Å²) in [6.45, 7) is 0. The molecule has 1 amide bonds. The molecule has 0 unspecified atom stereocenters. The van der Waals surface area contributed by atoms with Gasteiger partial charge in [-0.2, -0.15) is 26.3 Å². The third-order valence-electron chi connectivity index (χ3n) is 1.58. The number of hydrogen-bond donors (Lipinski definition) is 2. The zero-order valence-electron chi connectivity index (χ0n) is 9.59. The Kier molecular flexibility index (Phi) is 5.61. The molecular formula is C9H7F6NO4. The highest BCUT2D eigenvalue weighted by Gasteiger charge is 2.37. The van der Waals surface area contributed by atoms with E-state index in [1.54, 1.807) is 0 Å². The van der Waals surface area contributed by atoms with Crippen LogP contribution >= 0.6 is 0 Å². The van der Waals surface area contributed by atoms with Gasteiger partial charge in [0, 0.05) is 0 Å². The number of nitrogens with one attached hydrogen (secondary N) is 1. The van der Waals surface area contributed by atoms with Gasteiger partial charge in [0.2, 0.25) is 5.76 Å². The highest BCUT2D eigenvalue weighted by atomic mass is 19.4. The number of halogens is 6. The first kappa shape index (κ1) is 17.8. The van der Waals surface area contributed by atoms with Gasteiger partial charge in [-0.1, -0.05) is 0 Å². The Bertz CT molecular complexity index is 448. The van der Waals surface area contributed by atoms with Gasteiger partial charge in [-0.3, -0.25) is 4.79 Å². The third kappa shape index (κ3) is 6.11. The zero-order valence-corrected chi connectivity index (χ0v) is 9.59. The lowest BCUT2D eigenvalue weighted by Gasteiger charge is -2.12. The molecule has 0 aliphatic carbocycles. The lowest BCUT2D eigenvalue weighted by molar-refractivity contribution is -0.136. The molecule has 0 aromatic rings. The van der Waals surface area contributed by atoms with E-state index in [0.717, 1.165) is 12.4 Å². The number of rotatable bonds is 3. The van der Waals surface area contributed by atoms with E-state index in [0.29, 0.717) is 0 Å². The van der Waals surface area contributed by atoms with E-state index in [4.69, 9.17) is 5.11 Å². The SMILES string of the molecule is COC(=O)/C=C(\NC(=O)/C=C(\O)C(F)(F)F)C(F)(F)F. The summed E-state index contributed by atoms with van der Waals surface area (Å²) in [5.74, 6) is -5.80. The summed E-state index contributed by atoms with van der Waals surface area (Å²) in [6, 6.07) is 0. The number of hydrogen-bond acceptors (Lipinski definition) is 4. The van der Waals surface area contributed by atoms with Crippen molar-refractivity contribution in [1.82, 2.24) is 5.32 Å². The molecule has 114 valence electrons. The van der Waals surface area contributed by atoms with Crippen LogP contribution in [0.4, 0.5) is 26.3 Å². The average Bonchev–Trinajstić information content (AvgIpc) is 2.25. The third-order valence-corrected chi connectivity index (χ3v) is 1.58. The van der Waals surface area contributed by atoms with Crippen molar-refractivity contribution < 1.29 is 45.8 Å². The van der Waals surface area contributed by atoms with E-state index in [1.807, 2.05) is 0 Å². The molecule has 0 saturated carbocycles. The topological polar surface area (TPSA) is 75.6 Å². The lowest BCUT2D eigenvalue weighted by atomic mass is 10.3. The van der Waals surface area contributed by atoms with E-state index < -0.39 is 41.8 Å². The van der Waals surface area contributed by atoms with Gasteiger partial charge in [0.15, 0.2) is 0 Å². The fraction of sp³-hybridized carbons (Fsp3) is 0.333. The number of allylic oxidation sites excluding steroid dienone is 2. The van der Waals surface area contributed by atoms with Crippen molar-refractivity contribution >= 4 is 11.9 Å². The van der Waals surface area contributed by atoms with Crippen LogP contribution in [0.1, 0.15) is 0 Å². The number of aliphatic hydroxyl groups is 1. The van der Waals surface area contributed by atoms with Crippen LogP contribution in [0.15, 0.2) is 23.6 Å². The van der Waals surface area contributed by atoms with Crippen molar-refractivity contribution in [3.8, 4) is 0 Å². The van der Waals surface area contributed by atoms with Crippen LogP contribution in [0.5, 0.6) is 0 Å². The molecule has 0 fully saturated rings. The maximum atomic E-state index is 12.4. The molecule has 0 aromatic heterocycles. The van der Waals surface area contributed by atoms with Crippen molar-refractivity contribution in [3.63, 3.8) is 0 Å². The van der Waals surface area contributed by atoms with Gasteiger partial charge in [-0.15, -0.1) is 0 Å². The zero-order chi connectivity index (χ0) is 16.1. The molecule has 5 nitrogen and oxygen atoms in total. The Morgan fingerprint density at radius 3 is 1.90 bits per heavy atom. The van der Waals surface area contributed by atoms with Crippen molar-refractivity contribution in [1.29, 1.82) is 0 Å². The van der Waals surface area contributed by atoms with E-state index in [2.05, 4.69) is 4.74 Å². The Morgan fingerprint density at radius 2 is 1.55 bits per heavy atom. The molecule has 0 bridgehead atoms. The van der Waals surface area contributed by atoms with Gasteiger partial charge in [0.05, 0.1) is 19.3 Å². The summed E-state index contributed by atoms with van der Waals surface area (Å²) in [5.41, 5.74) is -1.94. The molecule has 0 aliphatic rings. The molecule has 0 aliphatic heterocycles. The van der Waals surface area contributed by atoms with Gasteiger partial charge < -0.3 is 15.2 Å². The molecular weight excluding hydrogens is 300 g/mol. The van der Waals surface area contributed by atoms with Gasteiger partial charge in [-0.25, -0.2) is 4.79 Å². The van der Waals surface area contributed by atoms with Crippen LogP contribution in [-0.4, -0.2) is 36.4 Å². The lowest BCUT2D eigenvalue weighted by Crippen LogP contribution is -2.32. The summed E-state index contributed by atoms with van der Waals surface area (Å²) in [6.07, 6.45) is -11.2. The molecule has 0 heterocycles. The minimum absolute atomic E-state index is 0.170. The van der Waals surface area contributed by atoms with E-state index >= 15 is 0 Å². The standard InChI is InChI=1S/C9H7F6NO4/c1-20-7(19)2-4(8(10,11)12)16-6(18)3-5(17)9(13,14)15/h2-3,17H,1H3,(H,16,18)/b4-2-,5-3-. The number of carbonyl (C=O) groups is 2. The Hall–Kier alpha value is -2.20. The van der Waals surface area contributed by atoms with Crippen molar-refractivity contribution in [3.05, 3.63) is 23.6 Å². The van der Waals surface area contributed by atoms with E-state index in [1.165, 1.54) is 0 Å². The van der Waals surface area contributed by atoms with Crippen molar-refractivity contribution in [2.75, 3.05) is 7.11 Å². The van der Waals surface area contributed by atoms with Crippen LogP contribution in [0.3, 0.4) is 0 Å². The molecule has 0 saturated heterocycles. The van der Waals surface area contributed by atoms with Crippen LogP contribution in [0, 0.1) is 0 Å². The van der Waals surface area contributed by atoms with Gasteiger partial charge >= 0.3 is 18.3 Å². The predicted molar refractivity (Wildman–Crippen MR) is 51.1 cm³/mol. The van der Waals surface area contributed by atoms with Crippen LogP contribution in [0.25, 0.3) is 0 Å². The first-order valence-corrected chi connectivity index (χ1v) is 4.53. The van der Waals surface area contributed by atoms with Crippen molar-refractivity contribution in [2.45, 2.75) is 12.4 Å². The van der Waals surface area contributed by atoms with Gasteiger partial charge in [-0.05, 0) is 0 Å². The number of carbonyl (C=O) groups excluding carboxylic acids is 2. The first-order chi connectivity index (χ1) is 8.87. The molecule has 0 atom stereocenters. The molecule has 0 rings (SSSR count). The smallest absolute Gasteiger partial charge is 0.448 e. The predicted octanol–water partition coefficient (Wildman–Crippen LogP) is 1.73. The van der Waals surface area contributed by atoms with E-state index in [9.17, 15) is 35.9 Å². The quantitative estimate of drug-likeness (QED) is 0.360. The molecule has 0 aromatic carbocycles.